The first-order valence-electron chi connectivity index (χ1n) is 5.95. The lowest BCUT2D eigenvalue weighted by atomic mass is 10.1. The van der Waals surface area contributed by atoms with E-state index in [-0.39, 0.29) is 17.2 Å². The van der Waals surface area contributed by atoms with Gasteiger partial charge in [-0.2, -0.15) is 0 Å². The van der Waals surface area contributed by atoms with Crippen LogP contribution in [0.15, 0.2) is 24.3 Å². The van der Waals surface area contributed by atoms with Crippen molar-refractivity contribution in [3.63, 3.8) is 0 Å². The van der Waals surface area contributed by atoms with Gasteiger partial charge in [-0.15, -0.1) is 11.8 Å². The van der Waals surface area contributed by atoms with Gasteiger partial charge in [-0.05, 0) is 13.0 Å². The van der Waals surface area contributed by atoms with Crippen LogP contribution in [0, 0.1) is 0 Å². The Labute approximate surface area is 121 Å². The van der Waals surface area contributed by atoms with Crippen LogP contribution < -0.4 is 5.32 Å². The number of carbonyl (C=O) groups is 2. The Morgan fingerprint density at radius 2 is 2.21 bits per heavy atom. The van der Waals surface area contributed by atoms with Gasteiger partial charge < -0.3 is 10.2 Å². The van der Waals surface area contributed by atoms with Crippen molar-refractivity contribution in [1.82, 2.24) is 10.2 Å². The summed E-state index contributed by atoms with van der Waals surface area (Å²) < 4.78 is 0. The van der Waals surface area contributed by atoms with Crippen LogP contribution in [0.25, 0.3) is 0 Å². The highest BCUT2D eigenvalue weighted by Crippen LogP contribution is 2.42. The fourth-order valence-electron chi connectivity index (χ4n) is 2.11. The van der Waals surface area contributed by atoms with Gasteiger partial charge in [0.25, 0.3) is 0 Å². The van der Waals surface area contributed by atoms with Gasteiger partial charge in [0.2, 0.25) is 11.8 Å². The molecule has 1 heterocycles. The van der Waals surface area contributed by atoms with Gasteiger partial charge in [-0.25, -0.2) is 0 Å². The highest BCUT2D eigenvalue weighted by molar-refractivity contribution is 8.00. The highest BCUT2D eigenvalue weighted by Gasteiger charge is 2.39. The fourth-order valence-corrected chi connectivity index (χ4v) is 3.70. The van der Waals surface area contributed by atoms with Crippen molar-refractivity contribution in [3.8, 4) is 0 Å². The smallest absolute Gasteiger partial charge is 0.242 e. The third-order valence-electron chi connectivity index (χ3n) is 3.12. The zero-order valence-corrected chi connectivity index (χ0v) is 12.3. The van der Waals surface area contributed by atoms with Crippen molar-refractivity contribution in [2.75, 3.05) is 12.8 Å². The molecule has 0 aliphatic carbocycles. The molecule has 19 heavy (non-hydrogen) atoms. The number of likely N-dealkylation sites (N-methyl/N-ethyl adjacent to an activating group) is 1. The van der Waals surface area contributed by atoms with Crippen LogP contribution in [0.2, 0.25) is 5.02 Å². The fraction of sp³-hybridized carbons (Fsp3) is 0.385. The Hall–Kier alpha value is -1.20. The number of benzene rings is 1. The summed E-state index contributed by atoms with van der Waals surface area (Å²) in [4.78, 5) is 25.4. The molecule has 2 atom stereocenters. The van der Waals surface area contributed by atoms with Crippen molar-refractivity contribution >= 4 is 35.2 Å². The quantitative estimate of drug-likeness (QED) is 0.929. The van der Waals surface area contributed by atoms with Crippen molar-refractivity contribution in [2.45, 2.75) is 18.3 Å². The Bertz CT molecular complexity index is 509. The topological polar surface area (TPSA) is 49.4 Å². The zero-order valence-electron chi connectivity index (χ0n) is 10.7. The molecule has 4 nitrogen and oxygen atoms in total. The molecule has 2 unspecified atom stereocenters. The first kappa shape index (κ1) is 14.2. The summed E-state index contributed by atoms with van der Waals surface area (Å²) in [7, 11) is 1.57. The third-order valence-corrected chi connectivity index (χ3v) is 4.67. The first-order valence-corrected chi connectivity index (χ1v) is 7.37. The predicted molar refractivity (Wildman–Crippen MR) is 77.0 cm³/mol. The summed E-state index contributed by atoms with van der Waals surface area (Å²) in [5.74, 6) is 0.163. The van der Waals surface area contributed by atoms with Gasteiger partial charge in [0.1, 0.15) is 11.4 Å². The average molecular weight is 299 g/mol. The maximum absolute atomic E-state index is 12.0. The van der Waals surface area contributed by atoms with Crippen LogP contribution in [-0.4, -0.2) is 35.6 Å². The summed E-state index contributed by atoms with van der Waals surface area (Å²) in [5, 5.41) is 2.99. The van der Waals surface area contributed by atoms with Crippen LogP contribution in [0.1, 0.15) is 17.9 Å². The average Bonchev–Trinajstić information content (AvgIpc) is 2.79. The SMILES string of the molecule is CNC(=O)C(C)N1C(=O)CSC1c1ccccc1Cl. The number of amides is 2. The van der Waals surface area contributed by atoms with E-state index in [1.165, 1.54) is 11.8 Å². The minimum atomic E-state index is -0.506. The van der Waals surface area contributed by atoms with Crippen molar-refractivity contribution in [2.24, 2.45) is 0 Å². The van der Waals surface area contributed by atoms with Gasteiger partial charge in [-0.1, -0.05) is 29.8 Å². The van der Waals surface area contributed by atoms with Gasteiger partial charge in [0, 0.05) is 17.6 Å². The number of carbonyl (C=O) groups excluding carboxylic acids is 2. The molecule has 102 valence electrons. The molecule has 1 aromatic rings. The van der Waals surface area contributed by atoms with E-state index >= 15 is 0 Å². The lowest BCUT2D eigenvalue weighted by Gasteiger charge is -2.29. The van der Waals surface area contributed by atoms with E-state index in [2.05, 4.69) is 5.32 Å². The van der Waals surface area contributed by atoms with Crippen molar-refractivity contribution < 1.29 is 9.59 Å². The second-order valence-electron chi connectivity index (χ2n) is 4.28. The third kappa shape index (κ3) is 2.72. The van der Waals surface area contributed by atoms with Crippen molar-refractivity contribution in [1.29, 1.82) is 0 Å². The van der Waals surface area contributed by atoms with Gasteiger partial charge in [0.05, 0.1) is 5.75 Å². The van der Waals surface area contributed by atoms with E-state index in [0.29, 0.717) is 10.8 Å². The molecule has 1 saturated heterocycles. The molecule has 0 saturated carbocycles. The molecule has 0 bridgehead atoms. The van der Waals surface area contributed by atoms with Crippen LogP contribution in [-0.2, 0) is 9.59 Å². The van der Waals surface area contributed by atoms with E-state index in [9.17, 15) is 9.59 Å². The molecule has 1 fully saturated rings. The Morgan fingerprint density at radius 3 is 2.84 bits per heavy atom. The second-order valence-corrected chi connectivity index (χ2v) is 5.75. The summed E-state index contributed by atoms with van der Waals surface area (Å²) in [6.45, 7) is 1.73. The van der Waals surface area contributed by atoms with Crippen LogP contribution in [0.5, 0.6) is 0 Å². The summed E-state index contributed by atoms with van der Waals surface area (Å²) in [6, 6.07) is 6.91. The number of nitrogens with zero attached hydrogens (tertiary/aromatic N) is 1. The standard InChI is InChI=1S/C13H15ClN2O2S/c1-8(12(18)15-2)16-11(17)7-19-13(16)9-5-3-4-6-10(9)14/h3-6,8,13H,7H2,1-2H3,(H,15,18). The molecule has 1 aliphatic heterocycles. The van der Waals surface area contributed by atoms with Crippen LogP contribution in [0.3, 0.4) is 0 Å². The number of halogens is 1. The minimum absolute atomic E-state index is 0.0361. The Kier molecular flexibility index (Phi) is 4.37. The molecule has 1 aromatic carbocycles. The molecule has 2 amide bonds. The largest absolute Gasteiger partial charge is 0.357 e. The summed E-state index contributed by atoms with van der Waals surface area (Å²) in [5.41, 5.74) is 0.871. The summed E-state index contributed by atoms with van der Waals surface area (Å²) in [6.07, 6.45) is 0. The molecular formula is C13H15ClN2O2S. The number of hydrogen-bond donors (Lipinski definition) is 1. The monoisotopic (exact) mass is 298 g/mol. The number of thioether (sulfide) groups is 1. The first-order chi connectivity index (χ1) is 9.06. The molecule has 0 aromatic heterocycles. The number of rotatable bonds is 3. The number of hydrogen-bond acceptors (Lipinski definition) is 3. The maximum atomic E-state index is 12.0. The Morgan fingerprint density at radius 1 is 1.53 bits per heavy atom. The van der Waals surface area contributed by atoms with E-state index in [1.54, 1.807) is 24.9 Å². The normalized spacial score (nSPS) is 20.5. The molecule has 1 N–H and O–H groups in total. The van der Waals surface area contributed by atoms with E-state index in [0.717, 1.165) is 5.56 Å². The molecule has 1 aliphatic rings. The molecule has 0 spiro atoms. The minimum Gasteiger partial charge on any atom is -0.357 e. The maximum Gasteiger partial charge on any atom is 0.242 e. The molecule has 2 rings (SSSR count). The summed E-state index contributed by atoms with van der Waals surface area (Å²) >= 11 is 7.68. The van der Waals surface area contributed by atoms with Gasteiger partial charge >= 0.3 is 0 Å². The van der Waals surface area contributed by atoms with Crippen LogP contribution >= 0.6 is 23.4 Å². The number of nitrogens with one attached hydrogen (secondary N) is 1. The second kappa shape index (κ2) is 5.84. The van der Waals surface area contributed by atoms with Gasteiger partial charge in [-0.3, -0.25) is 9.59 Å². The van der Waals surface area contributed by atoms with Gasteiger partial charge in [0.15, 0.2) is 0 Å². The lowest BCUT2D eigenvalue weighted by molar-refractivity contribution is -0.137. The Balaban J connectivity index is 2.32. The van der Waals surface area contributed by atoms with E-state index < -0.39 is 6.04 Å². The van der Waals surface area contributed by atoms with Crippen LogP contribution in [0.4, 0.5) is 0 Å². The molecular weight excluding hydrogens is 284 g/mol. The van der Waals surface area contributed by atoms with E-state index in [4.69, 9.17) is 11.6 Å². The highest BCUT2D eigenvalue weighted by atomic mass is 35.5. The molecule has 6 heteroatoms. The van der Waals surface area contributed by atoms with Crippen molar-refractivity contribution in [3.05, 3.63) is 34.9 Å². The lowest BCUT2D eigenvalue weighted by Crippen LogP contribution is -2.45. The zero-order chi connectivity index (χ0) is 14.0. The predicted octanol–water partition coefficient (Wildman–Crippen LogP) is 2.05. The molecule has 0 radical (unpaired) electrons. The van der Waals surface area contributed by atoms with E-state index in [1.807, 2.05) is 18.2 Å².